The summed E-state index contributed by atoms with van der Waals surface area (Å²) >= 11 is 6.09. The van der Waals surface area contributed by atoms with Crippen molar-refractivity contribution in [3.05, 3.63) is 76.3 Å². The summed E-state index contributed by atoms with van der Waals surface area (Å²) in [5.74, 6) is 0.728. The largest absolute Gasteiger partial charge is 0.377 e. The number of hydrogen-bond donors (Lipinski definition) is 2. The molecule has 140 valence electrons. The fraction of sp³-hybridized carbons (Fsp3) is 0.348. The highest BCUT2D eigenvalue weighted by molar-refractivity contribution is 6.30. The van der Waals surface area contributed by atoms with E-state index >= 15 is 0 Å². The van der Waals surface area contributed by atoms with E-state index in [0.29, 0.717) is 17.4 Å². The molecule has 2 aromatic rings. The van der Waals surface area contributed by atoms with E-state index in [1.165, 1.54) is 11.1 Å². The van der Waals surface area contributed by atoms with Crippen molar-refractivity contribution in [2.45, 2.75) is 44.7 Å². The van der Waals surface area contributed by atoms with E-state index in [2.05, 4.69) is 41.0 Å². The standard InChI is InChI=1S/C23H25ClN2O/c1-23(2,3)26-22(27)19-9-5-8-18-16-6-4-7-17(16)20(25-21(18)19)14-10-12-15(24)13-11-14/h4-6,8-13,16-17,20,25H,7H2,1-3H3,(H,26,27). The Morgan fingerprint density at radius 2 is 1.89 bits per heavy atom. The first kappa shape index (κ1) is 18.1. The molecule has 3 atom stereocenters. The fourth-order valence-corrected chi connectivity index (χ4v) is 4.34. The summed E-state index contributed by atoms with van der Waals surface area (Å²) in [6, 6.07) is 14.2. The van der Waals surface area contributed by atoms with Crippen LogP contribution in [0.1, 0.15) is 60.6 Å². The van der Waals surface area contributed by atoms with Crippen LogP contribution in [0, 0.1) is 5.92 Å². The molecule has 0 spiro atoms. The van der Waals surface area contributed by atoms with Gasteiger partial charge in [-0.15, -0.1) is 0 Å². The lowest BCUT2D eigenvalue weighted by Crippen LogP contribution is -2.41. The molecule has 3 unspecified atom stereocenters. The van der Waals surface area contributed by atoms with Crippen molar-refractivity contribution < 1.29 is 4.79 Å². The number of carbonyl (C=O) groups excluding carboxylic acids is 1. The second-order valence-electron chi connectivity index (χ2n) is 8.50. The molecule has 2 N–H and O–H groups in total. The molecule has 0 fully saturated rings. The number of allylic oxidation sites excluding steroid dienone is 2. The third-order valence-electron chi connectivity index (χ3n) is 5.36. The van der Waals surface area contributed by atoms with Crippen molar-refractivity contribution in [2.24, 2.45) is 5.92 Å². The molecule has 1 aliphatic carbocycles. The van der Waals surface area contributed by atoms with E-state index < -0.39 is 0 Å². The lowest BCUT2D eigenvalue weighted by Gasteiger charge is -2.38. The Hall–Kier alpha value is -2.26. The summed E-state index contributed by atoms with van der Waals surface area (Å²) in [5, 5.41) is 7.53. The minimum atomic E-state index is -0.278. The number of rotatable bonds is 2. The molecular formula is C23H25ClN2O. The number of benzene rings is 2. The van der Waals surface area contributed by atoms with Crippen molar-refractivity contribution in [1.29, 1.82) is 0 Å². The van der Waals surface area contributed by atoms with E-state index in [1.807, 2.05) is 45.0 Å². The lowest BCUT2D eigenvalue weighted by atomic mass is 9.76. The van der Waals surface area contributed by atoms with Gasteiger partial charge in [-0.3, -0.25) is 4.79 Å². The number of halogens is 1. The average molecular weight is 381 g/mol. The van der Waals surface area contributed by atoms with Crippen LogP contribution in [0.15, 0.2) is 54.6 Å². The summed E-state index contributed by atoms with van der Waals surface area (Å²) in [4.78, 5) is 12.9. The molecule has 0 radical (unpaired) electrons. The van der Waals surface area contributed by atoms with Gasteiger partial charge in [0.25, 0.3) is 5.91 Å². The van der Waals surface area contributed by atoms with Crippen LogP contribution < -0.4 is 10.6 Å². The third-order valence-corrected chi connectivity index (χ3v) is 5.61. The van der Waals surface area contributed by atoms with Gasteiger partial charge in [0.15, 0.2) is 0 Å². The summed E-state index contributed by atoms with van der Waals surface area (Å²) in [6.45, 7) is 6.00. The number of para-hydroxylation sites is 1. The Balaban J connectivity index is 1.76. The summed E-state index contributed by atoms with van der Waals surface area (Å²) in [5.41, 5.74) is 3.79. The summed E-state index contributed by atoms with van der Waals surface area (Å²) in [7, 11) is 0. The van der Waals surface area contributed by atoms with Crippen LogP contribution >= 0.6 is 11.6 Å². The van der Waals surface area contributed by atoms with Gasteiger partial charge in [-0.25, -0.2) is 0 Å². The van der Waals surface area contributed by atoms with Crippen molar-refractivity contribution in [3.8, 4) is 0 Å². The number of carbonyl (C=O) groups is 1. The van der Waals surface area contributed by atoms with Crippen molar-refractivity contribution in [2.75, 3.05) is 5.32 Å². The van der Waals surface area contributed by atoms with E-state index in [1.54, 1.807) is 0 Å². The van der Waals surface area contributed by atoms with Crippen LogP contribution in [0.2, 0.25) is 5.02 Å². The Labute approximate surface area is 165 Å². The number of nitrogens with one attached hydrogen (secondary N) is 2. The molecule has 4 rings (SSSR count). The number of hydrogen-bond acceptors (Lipinski definition) is 2. The highest BCUT2D eigenvalue weighted by atomic mass is 35.5. The van der Waals surface area contributed by atoms with Crippen LogP contribution in [0.3, 0.4) is 0 Å². The van der Waals surface area contributed by atoms with Gasteiger partial charge in [-0.1, -0.05) is 48.0 Å². The van der Waals surface area contributed by atoms with Crippen LogP contribution in [0.5, 0.6) is 0 Å². The number of amides is 1. The Morgan fingerprint density at radius 3 is 2.59 bits per heavy atom. The van der Waals surface area contributed by atoms with Crippen molar-refractivity contribution >= 4 is 23.2 Å². The Kier molecular flexibility index (Phi) is 4.51. The second kappa shape index (κ2) is 6.72. The molecule has 2 aromatic carbocycles. The van der Waals surface area contributed by atoms with Gasteiger partial charge in [-0.2, -0.15) is 0 Å². The zero-order valence-corrected chi connectivity index (χ0v) is 16.7. The molecule has 4 heteroatoms. The lowest BCUT2D eigenvalue weighted by molar-refractivity contribution is 0.0920. The van der Waals surface area contributed by atoms with Crippen LogP contribution in [0.4, 0.5) is 5.69 Å². The predicted octanol–water partition coefficient (Wildman–Crippen LogP) is 5.69. The van der Waals surface area contributed by atoms with Gasteiger partial charge in [0, 0.05) is 16.5 Å². The van der Waals surface area contributed by atoms with Crippen LogP contribution in [-0.2, 0) is 0 Å². The molecule has 0 saturated carbocycles. The molecular weight excluding hydrogens is 356 g/mol. The molecule has 0 bridgehead atoms. The summed E-state index contributed by atoms with van der Waals surface area (Å²) < 4.78 is 0. The molecule has 27 heavy (non-hydrogen) atoms. The van der Waals surface area contributed by atoms with E-state index in [0.717, 1.165) is 17.1 Å². The minimum Gasteiger partial charge on any atom is -0.377 e. The topological polar surface area (TPSA) is 41.1 Å². The van der Waals surface area contributed by atoms with E-state index in [4.69, 9.17) is 11.6 Å². The van der Waals surface area contributed by atoms with Gasteiger partial charge >= 0.3 is 0 Å². The minimum absolute atomic E-state index is 0.0397. The first-order chi connectivity index (χ1) is 12.8. The van der Waals surface area contributed by atoms with Gasteiger partial charge < -0.3 is 10.6 Å². The number of fused-ring (bicyclic) bond motifs is 3. The SMILES string of the molecule is CC(C)(C)NC(=O)c1cccc2c1NC(c1ccc(Cl)cc1)C1CC=CC21. The maximum atomic E-state index is 12.9. The van der Waals surface area contributed by atoms with Gasteiger partial charge in [-0.05, 0) is 62.4 Å². The molecule has 1 amide bonds. The van der Waals surface area contributed by atoms with Gasteiger partial charge in [0.1, 0.15) is 0 Å². The predicted molar refractivity (Wildman–Crippen MR) is 111 cm³/mol. The van der Waals surface area contributed by atoms with Crippen LogP contribution in [-0.4, -0.2) is 11.4 Å². The number of anilines is 1. The van der Waals surface area contributed by atoms with Crippen LogP contribution in [0.25, 0.3) is 0 Å². The Bertz CT molecular complexity index is 896. The first-order valence-corrected chi connectivity index (χ1v) is 9.85. The quantitative estimate of drug-likeness (QED) is 0.656. The molecule has 3 nitrogen and oxygen atoms in total. The zero-order valence-electron chi connectivity index (χ0n) is 15.9. The zero-order chi connectivity index (χ0) is 19.2. The summed E-state index contributed by atoms with van der Waals surface area (Å²) in [6.07, 6.45) is 5.58. The van der Waals surface area contributed by atoms with Crippen molar-refractivity contribution in [1.82, 2.24) is 5.32 Å². The highest BCUT2D eigenvalue weighted by Crippen LogP contribution is 2.50. The molecule has 1 heterocycles. The Morgan fingerprint density at radius 1 is 1.15 bits per heavy atom. The molecule has 0 saturated heterocycles. The third kappa shape index (κ3) is 3.49. The smallest absolute Gasteiger partial charge is 0.253 e. The van der Waals surface area contributed by atoms with Gasteiger partial charge in [0.2, 0.25) is 0 Å². The maximum absolute atomic E-state index is 12.9. The van der Waals surface area contributed by atoms with Gasteiger partial charge in [0.05, 0.1) is 17.3 Å². The molecule has 0 aromatic heterocycles. The molecule has 2 aliphatic rings. The fourth-order valence-electron chi connectivity index (χ4n) is 4.22. The van der Waals surface area contributed by atoms with Crippen molar-refractivity contribution in [3.63, 3.8) is 0 Å². The van der Waals surface area contributed by atoms with E-state index in [9.17, 15) is 4.79 Å². The highest BCUT2D eigenvalue weighted by Gasteiger charge is 2.39. The average Bonchev–Trinajstić information content (AvgIpc) is 3.10. The monoisotopic (exact) mass is 380 g/mol. The molecule has 1 aliphatic heterocycles. The second-order valence-corrected chi connectivity index (χ2v) is 8.94. The normalized spacial score (nSPS) is 23.3. The maximum Gasteiger partial charge on any atom is 0.253 e. The van der Waals surface area contributed by atoms with E-state index in [-0.39, 0.29) is 17.5 Å². The first-order valence-electron chi connectivity index (χ1n) is 9.47.